The molecule has 224 valence electrons. The summed E-state index contributed by atoms with van der Waals surface area (Å²) in [7, 11) is 0. The van der Waals surface area contributed by atoms with Crippen LogP contribution in [0.2, 0.25) is 0 Å². The van der Waals surface area contributed by atoms with Crippen LogP contribution in [0.3, 0.4) is 0 Å². The average Bonchev–Trinajstić information content (AvgIpc) is 3.64. The monoisotopic (exact) mass is 573 g/mol. The van der Waals surface area contributed by atoms with Crippen LogP contribution >= 0.6 is 0 Å². The number of carbonyl (C=O) groups excluding carboxylic acids is 5. The lowest BCUT2D eigenvalue weighted by Crippen LogP contribution is -2.55. The molecule has 0 spiro atoms. The molecule has 0 bridgehead atoms. The van der Waals surface area contributed by atoms with Crippen LogP contribution in [0, 0.1) is 5.92 Å². The molecule has 5 amide bonds. The van der Waals surface area contributed by atoms with Crippen LogP contribution in [0.15, 0.2) is 30.3 Å². The van der Waals surface area contributed by atoms with Crippen molar-refractivity contribution in [3.63, 3.8) is 0 Å². The van der Waals surface area contributed by atoms with Crippen molar-refractivity contribution < 1.29 is 38.6 Å². The van der Waals surface area contributed by atoms with Gasteiger partial charge in [0.25, 0.3) is 0 Å². The van der Waals surface area contributed by atoms with Crippen LogP contribution in [0.5, 0.6) is 0 Å². The molecular weight excluding hydrogens is 534 g/mol. The Morgan fingerprint density at radius 3 is 2.10 bits per heavy atom. The number of amides is 5. The van der Waals surface area contributed by atoms with Crippen molar-refractivity contribution in [2.45, 2.75) is 70.7 Å². The third-order valence-corrected chi connectivity index (χ3v) is 7.08. The van der Waals surface area contributed by atoms with Crippen molar-refractivity contribution in [2.75, 3.05) is 26.2 Å². The molecule has 2 aliphatic heterocycles. The van der Waals surface area contributed by atoms with Gasteiger partial charge in [0.2, 0.25) is 23.6 Å². The molecule has 2 aliphatic rings. The molecule has 3 rings (SSSR count). The number of nitrogens with zero attached hydrogens (tertiary/aromatic N) is 2. The van der Waals surface area contributed by atoms with Gasteiger partial charge in [0.1, 0.15) is 31.3 Å². The molecule has 0 unspecified atom stereocenters. The topological polar surface area (TPSA) is 174 Å². The van der Waals surface area contributed by atoms with Crippen molar-refractivity contribution in [1.29, 1.82) is 0 Å². The van der Waals surface area contributed by atoms with Gasteiger partial charge in [-0.05, 0) is 43.6 Å². The number of rotatable bonds is 12. The average molecular weight is 574 g/mol. The lowest BCUT2D eigenvalue weighted by atomic mass is 10.0. The Bertz CT molecular complexity index is 1110. The second kappa shape index (κ2) is 15.0. The highest BCUT2D eigenvalue weighted by molar-refractivity contribution is 5.94. The summed E-state index contributed by atoms with van der Waals surface area (Å²) in [5.41, 5.74) is 0.801. The van der Waals surface area contributed by atoms with Crippen LogP contribution in [-0.4, -0.2) is 94.9 Å². The minimum atomic E-state index is -1.08. The van der Waals surface area contributed by atoms with Gasteiger partial charge < -0.3 is 35.6 Å². The Balaban J connectivity index is 1.51. The first-order valence-electron chi connectivity index (χ1n) is 13.9. The number of aliphatic carboxylic acids is 1. The largest absolute Gasteiger partial charge is 0.480 e. The van der Waals surface area contributed by atoms with E-state index in [0.29, 0.717) is 45.2 Å². The molecule has 2 saturated heterocycles. The van der Waals surface area contributed by atoms with Crippen molar-refractivity contribution in [1.82, 2.24) is 25.8 Å². The van der Waals surface area contributed by atoms with Crippen molar-refractivity contribution in [2.24, 2.45) is 5.92 Å². The van der Waals surface area contributed by atoms with Gasteiger partial charge in [-0.2, -0.15) is 0 Å². The van der Waals surface area contributed by atoms with Crippen molar-refractivity contribution >= 4 is 35.7 Å². The van der Waals surface area contributed by atoms with E-state index >= 15 is 0 Å². The summed E-state index contributed by atoms with van der Waals surface area (Å²) in [5.74, 6) is -3.06. The SMILES string of the molecule is CC(C)C[C@@H](NC(=O)[C@H]1CCCN1C(=O)CNC(=O)OCc1ccccc1)C(=O)NCC(=O)N1CCC[C@@H]1C(=O)O. The normalized spacial score (nSPS) is 19.0. The van der Waals surface area contributed by atoms with Gasteiger partial charge in [0, 0.05) is 13.1 Å². The number of carboxylic acid groups (broad SMARTS) is 1. The number of nitrogens with one attached hydrogen (secondary N) is 3. The first-order chi connectivity index (χ1) is 19.6. The number of ether oxygens (including phenoxy) is 1. The van der Waals surface area contributed by atoms with Gasteiger partial charge in [0.15, 0.2) is 0 Å². The molecule has 1 aromatic rings. The summed E-state index contributed by atoms with van der Waals surface area (Å²) < 4.78 is 5.12. The first-order valence-corrected chi connectivity index (χ1v) is 13.9. The number of likely N-dealkylation sites (tertiary alicyclic amines) is 2. The third-order valence-electron chi connectivity index (χ3n) is 7.08. The van der Waals surface area contributed by atoms with E-state index in [1.807, 2.05) is 32.0 Å². The molecule has 13 heteroatoms. The predicted octanol–water partition coefficient (Wildman–Crippen LogP) is 0.627. The lowest BCUT2D eigenvalue weighted by molar-refractivity contribution is -0.148. The maximum Gasteiger partial charge on any atom is 0.407 e. The molecule has 0 saturated carbocycles. The van der Waals surface area contributed by atoms with E-state index in [1.54, 1.807) is 12.1 Å². The fraction of sp³-hybridized carbons (Fsp3) is 0.571. The number of benzene rings is 1. The first kappa shape index (κ1) is 31.4. The second-order valence-electron chi connectivity index (χ2n) is 10.7. The van der Waals surface area contributed by atoms with Crippen molar-refractivity contribution in [3.05, 3.63) is 35.9 Å². The van der Waals surface area contributed by atoms with Crippen molar-refractivity contribution in [3.8, 4) is 0 Å². The molecular formula is C28H39N5O8. The van der Waals surface area contributed by atoms with E-state index in [-0.39, 0.29) is 25.6 Å². The summed E-state index contributed by atoms with van der Waals surface area (Å²) >= 11 is 0. The van der Waals surface area contributed by atoms with Crippen LogP contribution in [0.25, 0.3) is 0 Å². The quantitative estimate of drug-likeness (QED) is 0.282. The Morgan fingerprint density at radius 1 is 0.902 bits per heavy atom. The Kier molecular flexibility index (Phi) is 11.5. The van der Waals surface area contributed by atoms with Crippen LogP contribution < -0.4 is 16.0 Å². The fourth-order valence-corrected chi connectivity index (χ4v) is 5.04. The highest BCUT2D eigenvalue weighted by atomic mass is 16.5. The Hall–Kier alpha value is -4.16. The smallest absolute Gasteiger partial charge is 0.407 e. The summed E-state index contributed by atoms with van der Waals surface area (Å²) in [6, 6.07) is 6.42. The summed E-state index contributed by atoms with van der Waals surface area (Å²) in [5, 5.41) is 17.0. The van der Waals surface area contributed by atoms with Crippen LogP contribution in [0.1, 0.15) is 51.5 Å². The maximum atomic E-state index is 13.2. The molecule has 2 fully saturated rings. The predicted molar refractivity (Wildman–Crippen MR) is 146 cm³/mol. The second-order valence-corrected chi connectivity index (χ2v) is 10.7. The van der Waals surface area contributed by atoms with Crippen LogP contribution in [0.4, 0.5) is 4.79 Å². The van der Waals surface area contributed by atoms with E-state index in [0.717, 1.165) is 5.56 Å². The third kappa shape index (κ3) is 9.19. The van der Waals surface area contributed by atoms with E-state index in [2.05, 4.69) is 16.0 Å². The molecule has 1 aromatic carbocycles. The van der Waals surface area contributed by atoms with Gasteiger partial charge >= 0.3 is 12.1 Å². The Labute approximate surface area is 238 Å². The molecule has 0 aromatic heterocycles. The number of hydrogen-bond acceptors (Lipinski definition) is 7. The molecule has 13 nitrogen and oxygen atoms in total. The minimum absolute atomic E-state index is 0.0316. The summed E-state index contributed by atoms with van der Waals surface area (Å²) in [4.78, 5) is 77.6. The molecule has 0 aliphatic carbocycles. The zero-order valence-corrected chi connectivity index (χ0v) is 23.5. The van der Waals surface area contributed by atoms with E-state index in [9.17, 15) is 33.9 Å². The number of carboxylic acids is 1. The highest BCUT2D eigenvalue weighted by Crippen LogP contribution is 2.19. The maximum absolute atomic E-state index is 13.2. The molecule has 4 N–H and O–H groups in total. The van der Waals surface area contributed by atoms with Gasteiger partial charge in [0.05, 0.1) is 6.54 Å². The molecule has 3 atom stereocenters. The van der Waals surface area contributed by atoms with E-state index in [4.69, 9.17) is 4.74 Å². The molecule has 41 heavy (non-hydrogen) atoms. The molecule has 0 radical (unpaired) electrons. The summed E-state index contributed by atoms with van der Waals surface area (Å²) in [6.07, 6.45) is 1.46. The van der Waals surface area contributed by atoms with Gasteiger partial charge in [-0.15, -0.1) is 0 Å². The zero-order valence-electron chi connectivity index (χ0n) is 23.5. The van der Waals surface area contributed by atoms with E-state index < -0.39 is 53.8 Å². The Morgan fingerprint density at radius 2 is 1.49 bits per heavy atom. The summed E-state index contributed by atoms with van der Waals surface area (Å²) in [6.45, 7) is 3.73. The van der Waals surface area contributed by atoms with Gasteiger partial charge in [-0.1, -0.05) is 44.2 Å². The van der Waals surface area contributed by atoms with E-state index in [1.165, 1.54) is 9.80 Å². The lowest BCUT2D eigenvalue weighted by Gasteiger charge is -2.27. The highest BCUT2D eigenvalue weighted by Gasteiger charge is 2.37. The number of alkyl carbamates (subject to hydrolysis) is 1. The molecule has 2 heterocycles. The standard InChI is InChI=1S/C28H39N5O8/c1-18(2)14-20(25(36)29-15-23(34)33-13-7-11-22(33)27(38)39)31-26(37)21-10-6-12-32(21)24(35)16-30-28(40)41-17-19-8-4-3-5-9-19/h3-5,8-9,18,20-22H,6-7,10-17H2,1-2H3,(H,29,36)(H,30,40)(H,31,37)(H,38,39)/t20-,21-,22-/m1/s1. The number of hydrogen-bond donors (Lipinski definition) is 4. The van der Waals surface area contributed by atoms with Gasteiger partial charge in [-0.3, -0.25) is 19.2 Å². The number of carbonyl (C=O) groups is 6. The minimum Gasteiger partial charge on any atom is -0.480 e. The van der Waals surface area contributed by atoms with Crippen LogP contribution in [-0.2, 0) is 35.3 Å². The zero-order chi connectivity index (χ0) is 29.9. The van der Waals surface area contributed by atoms with Gasteiger partial charge in [-0.25, -0.2) is 9.59 Å². The fourth-order valence-electron chi connectivity index (χ4n) is 5.04.